The van der Waals surface area contributed by atoms with Crippen molar-refractivity contribution >= 4 is 17.5 Å². The molecule has 0 aliphatic carbocycles. The molecule has 0 saturated carbocycles. The number of anilines is 1. The third kappa shape index (κ3) is 6.86. The molecular weight excluding hydrogens is 496 g/mol. The molecule has 2 amide bonds. The maximum absolute atomic E-state index is 13.9. The molecule has 4 heterocycles. The van der Waals surface area contributed by atoms with E-state index in [-0.39, 0.29) is 29.3 Å². The summed E-state index contributed by atoms with van der Waals surface area (Å²) in [5.74, 6) is 0.176. The molecule has 1 atom stereocenters. The van der Waals surface area contributed by atoms with Crippen LogP contribution in [0.25, 0.3) is 0 Å². The highest BCUT2D eigenvalue weighted by molar-refractivity contribution is 5.81. The van der Waals surface area contributed by atoms with Gasteiger partial charge in [-0.1, -0.05) is 30.3 Å². The van der Waals surface area contributed by atoms with Crippen molar-refractivity contribution in [1.82, 2.24) is 24.5 Å². The smallest absolute Gasteiger partial charge is 0.269 e. The highest BCUT2D eigenvalue weighted by Crippen LogP contribution is 2.26. The summed E-state index contributed by atoms with van der Waals surface area (Å²) in [4.78, 5) is 47.0. The summed E-state index contributed by atoms with van der Waals surface area (Å²) >= 11 is 0. The summed E-state index contributed by atoms with van der Waals surface area (Å²) in [6, 6.07) is 11.6. The summed E-state index contributed by atoms with van der Waals surface area (Å²) in [6.07, 6.45) is 4.13. The fraction of sp³-hybridized carbons (Fsp3) is 0.586. The Morgan fingerprint density at radius 3 is 2.46 bits per heavy atom. The number of ether oxygens (including phenoxy) is 1. The first kappa shape index (κ1) is 27.3. The van der Waals surface area contributed by atoms with Crippen LogP contribution >= 0.6 is 0 Å². The molecule has 3 saturated heterocycles. The minimum absolute atomic E-state index is 0.102. The summed E-state index contributed by atoms with van der Waals surface area (Å²) in [7, 11) is 0. The van der Waals surface area contributed by atoms with Crippen LogP contribution in [-0.4, -0.2) is 108 Å². The molecular formula is C29H40N6O4. The van der Waals surface area contributed by atoms with Gasteiger partial charge in [0.25, 0.3) is 5.56 Å². The van der Waals surface area contributed by atoms with E-state index in [9.17, 15) is 14.4 Å². The van der Waals surface area contributed by atoms with Gasteiger partial charge in [0.2, 0.25) is 11.8 Å². The summed E-state index contributed by atoms with van der Waals surface area (Å²) < 4.78 is 6.96. The standard InChI is InChI=1S/C29H40N6O4/c1-23(36)32-11-8-26(9-12-32)34(14-13-31-15-17-39-18-16-31)29(38)25-7-10-33(22-25)27-19-28(37)35(30-20-27)21-24-5-3-2-4-6-24/h2-6,19-20,25-26H,7-18,21-22H2,1H3. The van der Waals surface area contributed by atoms with Gasteiger partial charge in [0.15, 0.2) is 0 Å². The number of hydrogen-bond donors (Lipinski definition) is 0. The molecule has 10 heteroatoms. The predicted octanol–water partition coefficient (Wildman–Crippen LogP) is 1.29. The Labute approximate surface area is 230 Å². The Morgan fingerprint density at radius 2 is 1.77 bits per heavy atom. The molecule has 0 radical (unpaired) electrons. The molecule has 3 aliphatic rings. The Morgan fingerprint density at radius 1 is 1.03 bits per heavy atom. The largest absolute Gasteiger partial charge is 0.379 e. The fourth-order valence-electron chi connectivity index (χ4n) is 5.94. The first-order valence-electron chi connectivity index (χ1n) is 14.2. The SMILES string of the molecule is CC(=O)N1CCC(N(CCN2CCOCC2)C(=O)C2CCN(c3cnn(Cc4ccccc4)c(=O)c3)C2)CC1. The van der Waals surface area contributed by atoms with Crippen LogP contribution in [0.2, 0.25) is 0 Å². The number of aromatic nitrogens is 2. The zero-order chi connectivity index (χ0) is 27.2. The normalized spacial score (nSPS) is 20.8. The monoisotopic (exact) mass is 536 g/mol. The molecule has 3 fully saturated rings. The van der Waals surface area contributed by atoms with E-state index in [0.29, 0.717) is 32.7 Å². The Balaban J connectivity index is 1.23. The lowest BCUT2D eigenvalue weighted by Gasteiger charge is -2.40. The molecule has 10 nitrogen and oxygen atoms in total. The van der Waals surface area contributed by atoms with E-state index in [4.69, 9.17) is 4.74 Å². The molecule has 3 aliphatic heterocycles. The first-order chi connectivity index (χ1) is 19.0. The number of piperidine rings is 1. The van der Waals surface area contributed by atoms with Crippen LogP contribution in [0.15, 0.2) is 47.4 Å². The predicted molar refractivity (Wildman–Crippen MR) is 149 cm³/mol. The second-order valence-corrected chi connectivity index (χ2v) is 10.8. The second kappa shape index (κ2) is 12.7. The van der Waals surface area contributed by atoms with E-state index in [1.54, 1.807) is 19.2 Å². The third-order valence-corrected chi connectivity index (χ3v) is 8.33. The van der Waals surface area contributed by atoms with Gasteiger partial charge >= 0.3 is 0 Å². The lowest BCUT2D eigenvalue weighted by Crippen LogP contribution is -2.52. The molecule has 39 heavy (non-hydrogen) atoms. The van der Waals surface area contributed by atoms with Crippen LogP contribution in [0.5, 0.6) is 0 Å². The Bertz CT molecular complexity index is 1170. The van der Waals surface area contributed by atoms with Crippen LogP contribution < -0.4 is 10.5 Å². The number of hydrogen-bond acceptors (Lipinski definition) is 7. The van der Waals surface area contributed by atoms with Gasteiger partial charge in [-0.2, -0.15) is 5.10 Å². The number of carbonyl (C=O) groups excluding carboxylic acids is 2. The Hall–Kier alpha value is -3.24. The molecule has 1 unspecified atom stereocenters. The lowest BCUT2D eigenvalue weighted by molar-refractivity contribution is -0.139. The van der Waals surface area contributed by atoms with Crippen molar-refractivity contribution in [1.29, 1.82) is 0 Å². The minimum atomic E-state index is -0.143. The van der Waals surface area contributed by atoms with Crippen molar-refractivity contribution in [3.63, 3.8) is 0 Å². The first-order valence-corrected chi connectivity index (χ1v) is 14.2. The number of morpholine rings is 1. The van der Waals surface area contributed by atoms with Crippen molar-refractivity contribution in [3.8, 4) is 0 Å². The van der Waals surface area contributed by atoms with Gasteiger partial charge in [-0.05, 0) is 24.8 Å². The maximum atomic E-state index is 13.9. The number of carbonyl (C=O) groups is 2. The van der Waals surface area contributed by atoms with Crippen molar-refractivity contribution in [3.05, 3.63) is 58.5 Å². The summed E-state index contributed by atoms with van der Waals surface area (Å²) in [5, 5.41) is 4.42. The highest BCUT2D eigenvalue weighted by Gasteiger charge is 2.36. The van der Waals surface area contributed by atoms with Crippen molar-refractivity contribution in [2.45, 2.75) is 38.8 Å². The molecule has 5 rings (SSSR count). The van der Waals surface area contributed by atoms with Gasteiger partial charge in [-0.15, -0.1) is 0 Å². The van der Waals surface area contributed by atoms with E-state index in [1.165, 1.54) is 4.68 Å². The second-order valence-electron chi connectivity index (χ2n) is 10.8. The average molecular weight is 537 g/mol. The number of benzene rings is 1. The molecule has 0 spiro atoms. The maximum Gasteiger partial charge on any atom is 0.269 e. The lowest BCUT2D eigenvalue weighted by atomic mass is 9.99. The number of likely N-dealkylation sites (tertiary alicyclic amines) is 1. The van der Waals surface area contributed by atoms with E-state index in [1.807, 2.05) is 35.2 Å². The van der Waals surface area contributed by atoms with E-state index >= 15 is 0 Å². The van der Waals surface area contributed by atoms with Crippen LogP contribution in [0.4, 0.5) is 5.69 Å². The summed E-state index contributed by atoms with van der Waals surface area (Å²) in [5.41, 5.74) is 1.66. The van der Waals surface area contributed by atoms with Crippen LogP contribution in [0.1, 0.15) is 31.7 Å². The number of rotatable bonds is 8. The van der Waals surface area contributed by atoms with Crippen LogP contribution in [0, 0.1) is 5.92 Å². The van der Waals surface area contributed by atoms with Gasteiger partial charge in [0.1, 0.15) is 0 Å². The van der Waals surface area contributed by atoms with Gasteiger partial charge in [0.05, 0.1) is 37.6 Å². The van der Waals surface area contributed by atoms with Crippen LogP contribution in [0.3, 0.4) is 0 Å². The molecule has 0 N–H and O–H groups in total. The van der Waals surface area contributed by atoms with E-state index < -0.39 is 0 Å². The molecule has 0 bridgehead atoms. The number of amides is 2. The third-order valence-electron chi connectivity index (χ3n) is 8.33. The molecule has 1 aromatic carbocycles. The zero-order valence-corrected chi connectivity index (χ0v) is 22.9. The van der Waals surface area contributed by atoms with Gasteiger partial charge in [-0.25, -0.2) is 4.68 Å². The highest BCUT2D eigenvalue weighted by atomic mass is 16.5. The van der Waals surface area contributed by atoms with Crippen LogP contribution in [-0.2, 0) is 20.9 Å². The van der Waals surface area contributed by atoms with E-state index in [0.717, 1.165) is 69.9 Å². The topological polar surface area (TPSA) is 91.2 Å². The van der Waals surface area contributed by atoms with Crippen molar-refractivity contribution in [2.75, 3.05) is 70.5 Å². The Kier molecular flexibility index (Phi) is 8.93. The molecule has 210 valence electrons. The van der Waals surface area contributed by atoms with E-state index in [2.05, 4.69) is 19.8 Å². The van der Waals surface area contributed by atoms with Gasteiger partial charge < -0.3 is 19.4 Å². The molecule has 1 aromatic heterocycles. The van der Waals surface area contributed by atoms with Gasteiger partial charge in [-0.3, -0.25) is 19.3 Å². The summed E-state index contributed by atoms with van der Waals surface area (Å²) in [6.45, 7) is 9.54. The quantitative estimate of drug-likeness (QED) is 0.502. The fourth-order valence-corrected chi connectivity index (χ4v) is 5.94. The molecule has 2 aromatic rings. The zero-order valence-electron chi connectivity index (χ0n) is 22.9. The minimum Gasteiger partial charge on any atom is -0.379 e. The average Bonchev–Trinajstić information content (AvgIpc) is 3.46. The van der Waals surface area contributed by atoms with Gasteiger partial charge in [0, 0.05) is 71.4 Å². The van der Waals surface area contributed by atoms with Crippen molar-refractivity contribution in [2.24, 2.45) is 5.92 Å². The van der Waals surface area contributed by atoms with Crippen molar-refractivity contribution < 1.29 is 14.3 Å². The number of nitrogens with zero attached hydrogens (tertiary/aromatic N) is 6.